The molecule has 1 aliphatic rings. The average Bonchev–Trinajstić information content (AvgIpc) is 2.46. The number of halogens is 1. The molecule has 4 heteroatoms. The molecule has 0 bridgehead atoms. The van der Waals surface area contributed by atoms with Gasteiger partial charge in [0.25, 0.3) is 0 Å². The van der Waals surface area contributed by atoms with Crippen LogP contribution in [-0.2, 0) is 11.3 Å². The third-order valence-electron chi connectivity index (χ3n) is 3.79. The first kappa shape index (κ1) is 14.0. The normalized spacial score (nSPS) is 23.1. The molecule has 0 radical (unpaired) electrons. The van der Waals surface area contributed by atoms with Gasteiger partial charge in [-0.25, -0.2) is 4.39 Å². The second-order valence-corrected chi connectivity index (χ2v) is 5.15. The first-order valence-corrected chi connectivity index (χ1v) is 6.94. The highest BCUT2D eigenvalue weighted by Crippen LogP contribution is 2.19. The minimum Gasteiger partial charge on any atom is -0.351 e. The number of rotatable bonds is 4. The lowest BCUT2D eigenvalue weighted by atomic mass is 9.90. The van der Waals surface area contributed by atoms with Crippen LogP contribution in [0.1, 0.15) is 31.7 Å². The van der Waals surface area contributed by atoms with Gasteiger partial charge >= 0.3 is 0 Å². The Labute approximate surface area is 113 Å². The second kappa shape index (κ2) is 6.66. The molecule has 1 aromatic carbocycles. The number of amides is 1. The van der Waals surface area contributed by atoms with E-state index in [1.165, 1.54) is 12.1 Å². The monoisotopic (exact) mass is 264 g/mol. The fraction of sp³-hybridized carbons (Fsp3) is 0.533. The third-order valence-corrected chi connectivity index (χ3v) is 3.79. The van der Waals surface area contributed by atoms with Crippen molar-refractivity contribution in [1.29, 1.82) is 0 Å². The van der Waals surface area contributed by atoms with Gasteiger partial charge in [-0.1, -0.05) is 25.5 Å². The van der Waals surface area contributed by atoms with Crippen molar-refractivity contribution in [2.24, 2.45) is 5.92 Å². The molecule has 3 nitrogen and oxygen atoms in total. The predicted molar refractivity (Wildman–Crippen MR) is 73.1 cm³/mol. The van der Waals surface area contributed by atoms with E-state index in [9.17, 15) is 9.18 Å². The molecule has 2 unspecified atom stereocenters. The highest BCUT2D eigenvalue weighted by molar-refractivity contribution is 5.81. The first-order valence-electron chi connectivity index (χ1n) is 6.94. The van der Waals surface area contributed by atoms with Gasteiger partial charge in [-0.15, -0.1) is 0 Å². The summed E-state index contributed by atoms with van der Waals surface area (Å²) in [5.74, 6) is 0.431. The SMILES string of the molecule is CCC1CCNC(C(=O)NCc2ccc(F)cc2)C1. The Kier molecular flexibility index (Phi) is 4.91. The Morgan fingerprint density at radius 3 is 2.84 bits per heavy atom. The largest absolute Gasteiger partial charge is 0.351 e. The summed E-state index contributed by atoms with van der Waals surface area (Å²) in [6.45, 7) is 3.53. The fourth-order valence-corrected chi connectivity index (χ4v) is 2.48. The summed E-state index contributed by atoms with van der Waals surface area (Å²) in [4.78, 5) is 12.1. The van der Waals surface area contributed by atoms with E-state index in [-0.39, 0.29) is 17.8 Å². The van der Waals surface area contributed by atoms with Gasteiger partial charge in [-0.3, -0.25) is 4.79 Å². The van der Waals surface area contributed by atoms with E-state index >= 15 is 0 Å². The van der Waals surface area contributed by atoms with Gasteiger partial charge in [0.1, 0.15) is 5.82 Å². The van der Waals surface area contributed by atoms with Gasteiger partial charge in [0.2, 0.25) is 5.91 Å². The molecule has 1 aromatic rings. The van der Waals surface area contributed by atoms with Crippen LogP contribution in [0.15, 0.2) is 24.3 Å². The van der Waals surface area contributed by atoms with Gasteiger partial charge in [-0.2, -0.15) is 0 Å². The molecule has 1 fully saturated rings. The molecular formula is C15H21FN2O. The van der Waals surface area contributed by atoms with Crippen molar-refractivity contribution in [1.82, 2.24) is 10.6 Å². The van der Waals surface area contributed by atoms with Crippen LogP contribution in [0, 0.1) is 11.7 Å². The lowest BCUT2D eigenvalue weighted by molar-refractivity contribution is -0.124. The van der Waals surface area contributed by atoms with E-state index in [1.807, 2.05) is 0 Å². The summed E-state index contributed by atoms with van der Waals surface area (Å²) in [5, 5.41) is 6.17. The zero-order valence-corrected chi connectivity index (χ0v) is 11.3. The van der Waals surface area contributed by atoms with Crippen LogP contribution in [-0.4, -0.2) is 18.5 Å². The van der Waals surface area contributed by atoms with Gasteiger partial charge in [0, 0.05) is 6.54 Å². The van der Waals surface area contributed by atoms with Gasteiger partial charge < -0.3 is 10.6 Å². The van der Waals surface area contributed by atoms with Crippen LogP contribution in [0.4, 0.5) is 4.39 Å². The van der Waals surface area contributed by atoms with Gasteiger partial charge in [0.15, 0.2) is 0 Å². The number of benzene rings is 1. The molecule has 1 heterocycles. The molecule has 0 aromatic heterocycles. The topological polar surface area (TPSA) is 41.1 Å². The second-order valence-electron chi connectivity index (χ2n) is 5.15. The Bertz CT molecular complexity index is 419. The van der Waals surface area contributed by atoms with Crippen molar-refractivity contribution in [3.8, 4) is 0 Å². The van der Waals surface area contributed by atoms with E-state index < -0.39 is 0 Å². The van der Waals surface area contributed by atoms with E-state index in [1.54, 1.807) is 12.1 Å². The van der Waals surface area contributed by atoms with Gasteiger partial charge in [-0.05, 0) is 43.0 Å². The molecule has 1 saturated heterocycles. The number of carbonyl (C=O) groups excluding carboxylic acids is 1. The molecule has 2 rings (SSSR count). The minimum absolute atomic E-state index is 0.0440. The molecule has 2 N–H and O–H groups in total. The van der Waals surface area contributed by atoms with Gasteiger partial charge in [0.05, 0.1) is 6.04 Å². The first-order chi connectivity index (χ1) is 9.19. The molecule has 0 spiro atoms. The van der Waals surface area contributed by atoms with Crippen LogP contribution < -0.4 is 10.6 Å². The fourth-order valence-electron chi connectivity index (χ4n) is 2.48. The highest BCUT2D eigenvalue weighted by Gasteiger charge is 2.25. The number of hydrogen-bond acceptors (Lipinski definition) is 2. The molecule has 0 saturated carbocycles. The molecule has 0 aliphatic carbocycles. The van der Waals surface area contributed by atoms with Crippen LogP contribution in [0.2, 0.25) is 0 Å². The lowest BCUT2D eigenvalue weighted by Crippen LogP contribution is -2.48. The van der Waals surface area contributed by atoms with Crippen molar-refractivity contribution < 1.29 is 9.18 Å². The van der Waals surface area contributed by atoms with Crippen molar-refractivity contribution in [2.45, 2.75) is 38.8 Å². The van der Waals surface area contributed by atoms with Crippen LogP contribution in [0.5, 0.6) is 0 Å². The number of hydrogen-bond donors (Lipinski definition) is 2. The summed E-state index contributed by atoms with van der Waals surface area (Å²) in [7, 11) is 0. The Hall–Kier alpha value is -1.42. The predicted octanol–water partition coefficient (Wildman–Crippen LogP) is 2.22. The highest BCUT2D eigenvalue weighted by atomic mass is 19.1. The van der Waals surface area contributed by atoms with E-state index in [4.69, 9.17) is 0 Å². The summed E-state index contributed by atoms with van der Waals surface area (Å²) in [6, 6.07) is 6.12. The summed E-state index contributed by atoms with van der Waals surface area (Å²) in [6.07, 6.45) is 3.19. The number of carbonyl (C=O) groups is 1. The molecule has 2 atom stereocenters. The van der Waals surface area contributed by atoms with E-state index in [2.05, 4.69) is 17.6 Å². The van der Waals surface area contributed by atoms with Crippen LogP contribution in [0.3, 0.4) is 0 Å². The number of piperidine rings is 1. The molecule has 19 heavy (non-hydrogen) atoms. The number of nitrogens with one attached hydrogen (secondary N) is 2. The van der Waals surface area contributed by atoms with Crippen molar-refractivity contribution in [3.63, 3.8) is 0 Å². The molecule has 104 valence electrons. The summed E-state index contributed by atoms with van der Waals surface area (Å²) >= 11 is 0. The smallest absolute Gasteiger partial charge is 0.237 e. The quantitative estimate of drug-likeness (QED) is 0.875. The summed E-state index contributed by atoms with van der Waals surface area (Å²) < 4.78 is 12.8. The Morgan fingerprint density at radius 2 is 2.16 bits per heavy atom. The van der Waals surface area contributed by atoms with E-state index in [0.29, 0.717) is 12.5 Å². The molecular weight excluding hydrogens is 243 g/mol. The molecule has 1 amide bonds. The van der Waals surface area contributed by atoms with Crippen LogP contribution in [0.25, 0.3) is 0 Å². The summed E-state index contributed by atoms with van der Waals surface area (Å²) in [5.41, 5.74) is 0.914. The average molecular weight is 264 g/mol. The zero-order valence-electron chi connectivity index (χ0n) is 11.3. The van der Waals surface area contributed by atoms with Crippen molar-refractivity contribution in [2.75, 3.05) is 6.54 Å². The maximum absolute atomic E-state index is 12.8. The van der Waals surface area contributed by atoms with Crippen molar-refractivity contribution in [3.05, 3.63) is 35.6 Å². The minimum atomic E-state index is -0.255. The Balaban J connectivity index is 1.82. The zero-order chi connectivity index (χ0) is 13.7. The van der Waals surface area contributed by atoms with Crippen molar-refractivity contribution >= 4 is 5.91 Å². The maximum Gasteiger partial charge on any atom is 0.237 e. The lowest BCUT2D eigenvalue weighted by Gasteiger charge is -2.28. The third kappa shape index (κ3) is 4.03. The standard InChI is InChI=1S/C15H21FN2O/c1-2-11-7-8-17-14(9-11)15(19)18-10-12-3-5-13(16)6-4-12/h3-6,11,14,17H,2,7-10H2,1H3,(H,18,19). The Morgan fingerprint density at radius 1 is 1.42 bits per heavy atom. The molecule has 1 aliphatic heterocycles. The van der Waals surface area contributed by atoms with Crippen LogP contribution >= 0.6 is 0 Å². The van der Waals surface area contributed by atoms with E-state index in [0.717, 1.165) is 31.4 Å². The maximum atomic E-state index is 12.8.